The van der Waals surface area contributed by atoms with Gasteiger partial charge in [-0.1, -0.05) is 12.8 Å². The van der Waals surface area contributed by atoms with Crippen LogP contribution in [0.2, 0.25) is 0 Å². The maximum Gasteiger partial charge on any atom is 0.323 e. The van der Waals surface area contributed by atoms with Gasteiger partial charge in [0.2, 0.25) is 0 Å². The fraction of sp³-hybridized carbons (Fsp3) is 0.900. The zero-order valence-corrected chi connectivity index (χ0v) is 21.6. The minimum atomic E-state index is -4.68. The van der Waals surface area contributed by atoms with E-state index in [2.05, 4.69) is 0 Å². The minimum Gasteiger partial charge on any atom is -0.756 e. The first-order valence-electron chi connectivity index (χ1n) is 11.5. The molecule has 202 valence electrons. The highest BCUT2D eigenvalue weighted by Gasteiger charge is 2.25. The largest absolute Gasteiger partial charge is 0.756 e. The molecule has 0 saturated carbocycles. The number of hydrogen-bond donors (Lipinski definition) is 4. The van der Waals surface area contributed by atoms with Crippen LogP contribution in [0.5, 0.6) is 0 Å². The Labute approximate surface area is 202 Å². The Bertz CT molecular complexity index is 635. The molecule has 0 aromatic carbocycles. The summed E-state index contributed by atoms with van der Waals surface area (Å²) >= 11 is 0. The molecule has 13 nitrogen and oxygen atoms in total. The Morgan fingerprint density at radius 1 is 0.882 bits per heavy atom. The zero-order chi connectivity index (χ0) is 26.2. The first kappa shape index (κ1) is 32.8. The van der Waals surface area contributed by atoms with Crippen LogP contribution >= 0.6 is 7.82 Å². The molecule has 0 bridgehead atoms. The average Bonchev–Trinajstić information content (AvgIpc) is 2.74. The number of carbonyl (C=O) groups excluding carboxylic acids is 2. The predicted octanol–water partition coefficient (Wildman–Crippen LogP) is -1.44. The van der Waals surface area contributed by atoms with Crippen LogP contribution in [0.25, 0.3) is 0 Å². The van der Waals surface area contributed by atoms with Gasteiger partial charge in [-0.15, -0.1) is 0 Å². The lowest BCUT2D eigenvalue weighted by Crippen LogP contribution is -2.40. The number of quaternary nitrogens is 1. The highest BCUT2D eigenvalue weighted by molar-refractivity contribution is 7.45. The molecule has 0 aromatic heterocycles. The summed E-state index contributed by atoms with van der Waals surface area (Å²) in [5.74, 6) is -1.49. The fourth-order valence-electron chi connectivity index (χ4n) is 2.54. The van der Waals surface area contributed by atoms with Gasteiger partial charge in [0.15, 0.2) is 6.10 Å². The summed E-state index contributed by atoms with van der Waals surface area (Å²) in [5, 5.41) is 0. The maximum atomic E-state index is 12.3. The van der Waals surface area contributed by atoms with Crippen molar-refractivity contribution in [1.82, 2.24) is 0 Å². The Morgan fingerprint density at radius 3 is 1.91 bits per heavy atom. The van der Waals surface area contributed by atoms with Crippen LogP contribution in [0.4, 0.5) is 0 Å². The second kappa shape index (κ2) is 17.3. The molecule has 8 N–H and O–H groups in total. The normalized spacial score (nSPS) is 16.4. The third-order valence-electron chi connectivity index (χ3n) is 4.67. The van der Waals surface area contributed by atoms with Gasteiger partial charge in [0.05, 0.1) is 27.7 Å². The van der Waals surface area contributed by atoms with E-state index in [-0.39, 0.29) is 6.61 Å². The summed E-state index contributed by atoms with van der Waals surface area (Å²) in [5.41, 5.74) is 22.5. The number of carbonyl (C=O) groups is 2. The molecule has 0 aliphatic carbocycles. The Balaban J connectivity index is 4.93. The zero-order valence-electron chi connectivity index (χ0n) is 20.7. The summed E-state index contributed by atoms with van der Waals surface area (Å²) < 4.78 is 32.6. The van der Waals surface area contributed by atoms with Crippen LogP contribution in [0.15, 0.2) is 0 Å². The number of rotatable bonds is 20. The highest BCUT2D eigenvalue weighted by atomic mass is 31.2. The molecular formula is C20H44N5O8P. The van der Waals surface area contributed by atoms with E-state index in [9.17, 15) is 19.0 Å². The average molecular weight is 514 g/mol. The Morgan fingerprint density at radius 2 is 1.41 bits per heavy atom. The van der Waals surface area contributed by atoms with E-state index in [4.69, 9.17) is 41.5 Å². The Kier molecular flexibility index (Phi) is 16.7. The third-order valence-corrected chi connectivity index (χ3v) is 5.63. The summed E-state index contributed by atoms with van der Waals surface area (Å²) in [4.78, 5) is 36.5. The van der Waals surface area contributed by atoms with Crippen molar-refractivity contribution in [3.63, 3.8) is 0 Å². The monoisotopic (exact) mass is 513 g/mol. The minimum absolute atomic E-state index is 0.0899. The molecule has 0 aliphatic heterocycles. The van der Waals surface area contributed by atoms with E-state index in [1.165, 1.54) is 0 Å². The van der Waals surface area contributed by atoms with E-state index in [0.29, 0.717) is 62.6 Å². The predicted molar refractivity (Wildman–Crippen MR) is 125 cm³/mol. The molecule has 0 amide bonds. The van der Waals surface area contributed by atoms with Crippen molar-refractivity contribution in [3.8, 4) is 0 Å². The van der Waals surface area contributed by atoms with Crippen molar-refractivity contribution >= 4 is 19.8 Å². The van der Waals surface area contributed by atoms with Crippen molar-refractivity contribution in [2.24, 2.45) is 22.9 Å². The van der Waals surface area contributed by atoms with Gasteiger partial charge in [-0.25, -0.2) is 0 Å². The van der Waals surface area contributed by atoms with Crippen molar-refractivity contribution in [3.05, 3.63) is 0 Å². The van der Waals surface area contributed by atoms with E-state index < -0.39 is 51.2 Å². The lowest BCUT2D eigenvalue weighted by atomic mass is 10.1. The summed E-state index contributed by atoms with van der Waals surface area (Å²) in [6.07, 6.45) is 2.16. The lowest BCUT2D eigenvalue weighted by molar-refractivity contribution is -0.870. The maximum absolute atomic E-state index is 12.3. The van der Waals surface area contributed by atoms with Crippen LogP contribution in [-0.2, 0) is 32.7 Å². The fourth-order valence-corrected chi connectivity index (χ4v) is 3.27. The molecule has 1 unspecified atom stereocenters. The molecule has 34 heavy (non-hydrogen) atoms. The van der Waals surface area contributed by atoms with Gasteiger partial charge in [0, 0.05) is 0 Å². The number of nitrogens with zero attached hydrogens (tertiary/aromatic N) is 1. The smallest absolute Gasteiger partial charge is 0.323 e. The van der Waals surface area contributed by atoms with E-state index >= 15 is 0 Å². The molecule has 0 fully saturated rings. The standard InChI is InChI=1S/C20H44N5O8P/c1-25(2,3)12-13-31-34(28,29)32-15-16(33-20(27)18(24)9-5-7-11-22)14-30-19(26)17(23)8-4-6-10-21/h16-18H,4-15,21-24H2,1-3H3/t16-,17+,18+/m1/s1. The van der Waals surface area contributed by atoms with Crippen molar-refractivity contribution < 1.29 is 42.1 Å². The molecule has 0 saturated heterocycles. The molecule has 0 heterocycles. The van der Waals surface area contributed by atoms with E-state index in [1.807, 2.05) is 21.1 Å². The first-order valence-corrected chi connectivity index (χ1v) is 13.0. The van der Waals surface area contributed by atoms with E-state index in [0.717, 1.165) is 0 Å². The van der Waals surface area contributed by atoms with Gasteiger partial charge >= 0.3 is 11.9 Å². The number of hydrogen-bond acceptors (Lipinski definition) is 12. The van der Waals surface area contributed by atoms with Crippen LogP contribution in [-0.4, -0.2) is 95.2 Å². The van der Waals surface area contributed by atoms with Gasteiger partial charge in [-0.2, -0.15) is 0 Å². The topological polar surface area (TPSA) is 215 Å². The van der Waals surface area contributed by atoms with Crippen molar-refractivity contribution in [2.75, 3.05) is 60.6 Å². The molecule has 14 heteroatoms. The van der Waals surface area contributed by atoms with Gasteiger partial charge in [-0.3, -0.25) is 14.2 Å². The third kappa shape index (κ3) is 17.3. The van der Waals surface area contributed by atoms with Gasteiger partial charge in [0.25, 0.3) is 7.82 Å². The number of likely N-dealkylation sites (N-methyl/N-ethyl adjacent to an activating group) is 1. The van der Waals surface area contributed by atoms with Crippen LogP contribution in [0.1, 0.15) is 38.5 Å². The van der Waals surface area contributed by atoms with Crippen LogP contribution in [0.3, 0.4) is 0 Å². The molecule has 0 aliphatic rings. The van der Waals surface area contributed by atoms with Gasteiger partial charge < -0.3 is 50.8 Å². The van der Waals surface area contributed by atoms with Crippen LogP contribution < -0.4 is 27.8 Å². The Hall–Kier alpha value is -1.15. The first-order chi connectivity index (χ1) is 15.8. The van der Waals surface area contributed by atoms with Crippen molar-refractivity contribution in [2.45, 2.75) is 56.7 Å². The number of ether oxygens (including phenoxy) is 2. The highest BCUT2D eigenvalue weighted by Crippen LogP contribution is 2.38. The lowest BCUT2D eigenvalue weighted by Gasteiger charge is -2.28. The number of unbranched alkanes of at least 4 members (excludes halogenated alkanes) is 2. The molecule has 0 radical (unpaired) electrons. The van der Waals surface area contributed by atoms with E-state index in [1.54, 1.807) is 0 Å². The molecule has 0 aromatic rings. The second-order valence-corrected chi connectivity index (χ2v) is 10.5. The second-order valence-electron chi connectivity index (χ2n) is 9.06. The number of phosphoric ester groups is 1. The number of nitrogens with two attached hydrogens (primary N) is 4. The van der Waals surface area contributed by atoms with Gasteiger partial charge in [-0.05, 0) is 38.8 Å². The van der Waals surface area contributed by atoms with Gasteiger partial charge in [0.1, 0.15) is 31.8 Å². The summed E-state index contributed by atoms with van der Waals surface area (Å²) in [6, 6.07) is -1.82. The van der Waals surface area contributed by atoms with Crippen LogP contribution in [0, 0.1) is 0 Å². The molecule has 0 rings (SSSR count). The number of phosphoric acid groups is 1. The SMILES string of the molecule is C[N+](C)(C)CCOP(=O)([O-])OC[C@@H](COC(=O)[C@@H](N)CCCCN)OC(=O)[C@@H](N)CCCCN. The quantitative estimate of drug-likeness (QED) is 0.0637. The molecular weight excluding hydrogens is 469 g/mol. The summed E-state index contributed by atoms with van der Waals surface area (Å²) in [7, 11) is 0.949. The van der Waals surface area contributed by atoms with Crippen molar-refractivity contribution in [1.29, 1.82) is 0 Å². The molecule has 4 atom stereocenters. The number of esters is 2. The molecule has 0 spiro atoms. The summed E-state index contributed by atoms with van der Waals surface area (Å²) in [6.45, 7) is 0.214.